The second-order valence-electron chi connectivity index (χ2n) is 7.28. The summed E-state index contributed by atoms with van der Waals surface area (Å²) in [5, 5.41) is 19.0. The lowest BCUT2D eigenvalue weighted by Gasteiger charge is -2.16. The molecule has 0 spiro atoms. The third kappa shape index (κ3) is 4.85. The Bertz CT molecular complexity index is 305. The van der Waals surface area contributed by atoms with Gasteiger partial charge in [0.1, 0.15) is 6.29 Å². The highest BCUT2D eigenvalue weighted by Gasteiger charge is 2.42. The van der Waals surface area contributed by atoms with Gasteiger partial charge in [0.05, 0.1) is 6.10 Å². The van der Waals surface area contributed by atoms with Gasteiger partial charge in [-0.3, -0.25) is 0 Å². The van der Waals surface area contributed by atoms with E-state index in [2.05, 4.69) is 0 Å². The molecule has 3 heteroatoms. The standard InChI is InChI=1S/C17H30O3/c18-13-11-16(7-8-16)5-1-3-15(20)4-2-6-17(9-10-17)12-14-19/h13,15,19-20H,1-12,14H2. The minimum Gasteiger partial charge on any atom is -0.396 e. The fourth-order valence-electron chi connectivity index (χ4n) is 3.52. The van der Waals surface area contributed by atoms with Crippen LogP contribution < -0.4 is 0 Å². The lowest BCUT2D eigenvalue weighted by molar-refractivity contribution is -0.108. The summed E-state index contributed by atoms with van der Waals surface area (Å²) < 4.78 is 0. The molecule has 116 valence electrons. The Labute approximate surface area is 122 Å². The molecule has 0 amide bonds. The van der Waals surface area contributed by atoms with E-state index in [4.69, 9.17) is 5.11 Å². The summed E-state index contributed by atoms with van der Waals surface area (Å²) in [7, 11) is 0. The predicted molar refractivity (Wildman–Crippen MR) is 79.4 cm³/mol. The molecule has 2 N–H and O–H groups in total. The maximum atomic E-state index is 10.6. The van der Waals surface area contributed by atoms with Crippen LogP contribution in [0.4, 0.5) is 0 Å². The Morgan fingerprint density at radius 2 is 1.50 bits per heavy atom. The van der Waals surface area contributed by atoms with Gasteiger partial charge >= 0.3 is 0 Å². The molecular formula is C17H30O3. The Kier molecular flexibility index (Phi) is 5.62. The first-order chi connectivity index (χ1) is 9.64. The van der Waals surface area contributed by atoms with Crippen LogP contribution in [0.1, 0.15) is 77.0 Å². The van der Waals surface area contributed by atoms with Crippen LogP contribution in [0.2, 0.25) is 0 Å². The molecule has 0 radical (unpaired) electrons. The molecule has 3 nitrogen and oxygen atoms in total. The van der Waals surface area contributed by atoms with E-state index in [-0.39, 0.29) is 6.10 Å². The Morgan fingerprint density at radius 3 is 1.95 bits per heavy atom. The lowest BCUT2D eigenvalue weighted by Crippen LogP contribution is -2.10. The van der Waals surface area contributed by atoms with E-state index < -0.39 is 0 Å². The Hall–Kier alpha value is -0.410. The minimum absolute atomic E-state index is 0.174. The van der Waals surface area contributed by atoms with Gasteiger partial charge in [0.25, 0.3) is 0 Å². The molecular weight excluding hydrogens is 252 g/mol. The largest absolute Gasteiger partial charge is 0.396 e. The van der Waals surface area contributed by atoms with E-state index in [1.54, 1.807) is 0 Å². The number of aliphatic hydroxyl groups is 2. The minimum atomic E-state index is -0.174. The van der Waals surface area contributed by atoms with Gasteiger partial charge in [-0.2, -0.15) is 0 Å². The van der Waals surface area contributed by atoms with Gasteiger partial charge < -0.3 is 15.0 Å². The zero-order chi connectivity index (χ0) is 14.5. The van der Waals surface area contributed by atoms with Crippen molar-refractivity contribution in [3.63, 3.8) is 0 Å². The van der Waals surface area contributed by atoms with Crippen LogP contribution in [0, 0.1) is 10.8 Å². The van der Waals surface area contributed by atoms with Gasteiger partial charge in [-0.05, 0) is 68.6 Å². The van der Waals surface area contributed by atoms with Gasteiger partial charge in [-0.25, -0.2) is 0 Å². The monoisotopic (exact) mass is 282 g/mol. The molecule has 2 rings (SSSR count). The van der Waals surface area contributed by atoms with E-state index in [0.29, 0.717) is 23.9 Å². The van der Waals surface area contributed by atoms with Crippen LogP contribution in [0.5, 0.6) is 0 Å². The summed E-state index contributed by atoms with van der Waals surface area (Å²) in [5.41, 5.74) is 0.747. The summed E-state index contributed by atoms with van der Waals surface area (Å²) in [4.78, 5) is 10.6. The first-order valence-electron chi connectivity index (χ1n) is 8.36. The van der Waals surface area contributed by atoms with Crippen LogP contribution >= 0.6 is 0 Å². The molecule has 0 aromatic rings. The molecule has 0 aromatic carbocycles. The van der Waals surface area contributed by atoms with Crippen molar-refractivity contribution < 1.29 is 15.0 Å². The number of rotatable bonds is 12. The Balaban J connectivity index is 1.50. The number of hydrogen-bond acceptors (Lipinski definition) is 3. The number of carbonyl (C=O) groups is 1. The molecule has 0 saturated heterocycles. The van der Waals surface area contributed by atoms with E-state index >= 15 is 0 Å². The molecule has 0 bridgehead atoms. The molecule has 0 aliphatic heterocycles. The van der Waals surface area contributed by atoms with Gasteiger partial charge in [0.2, 0.25) is 0 Å². The average molecular weight is 282 g/mol. The fraction of sp³-hybridized carbons (Fsp3) is 0.941. The normalized spacial score (nSPS) is 23.3. The quantitative estimate of drug-likeness (QED) is 0.540. The summed E-state index contributed by atoms with van der Waals surface area (Å²) in [6.45, 7) is 0.307. The number of aldehydes is 1. The van der Waals surface area contributed by atoms with Gasteiger partial charge in [-0.15, -0.1) is 0 Å². The fourth-order valence-corrected chi connectivity index (χ4v) is 3.52. The van der Waals surface area contributed by atoms with E-state index in [9.17, 15) is 9.90 Å². The second kappa shape index (κ2) is 7.04. The van der Waals surface area contributed by atoms with E-state index in [0.717, 1.165) is 44.8 Å². The van der Waals surface area contributed by atoms with Crippen LogP contribution in [0.25, 0.3) is 0 Å². The highest BCUT2D eigenvalue weighted by molar-refractivity contribution is 5.51. The molecule has 2 fully saturated rings. The molecule has 20 heavy (non-hydrogen) atoms. The van der Waals surface area contributed by atoms with Crippen LogP contribution in [0.3, 0.4) is 0 Å². The van der Waals surface area contributed by atoms with Crippen molar-refractivity contribution in [2.45, 2.75) is 83.2 Å². The van der Waals surface area contributed by atoms with Crippen molar-refractivity contribution in [1.29, 1.82) is 0 Å². The zero-order valence-electron chi connectivity index (χ0n) is 12.6. The highest BCUT2D eigenvalue weighted by Crippen LogP contribution is 2.53. The number of aliphatic hydroxyl groups excluding tert-OH is 2. The van der Waals surface area contributed by atoms with E-state index in [1.807, 2.05) is 0 Å². The maximum Gasteiger partial charge on any atom is 0.120 e. The van der Waals surface area contributed by atoms with Crippen molar-refractivity contribution >= 4 is 6.29 Å². The number of hydrogen-bond donors (Lipinski definition) is 2. The first kappa shape index (κ1) is 16.0. The van der Waals surface area contributed by atoms with Crippen molar-refractivity contribution in [1.82, 2.24) is 0 Å². The molecule has 2 saturated carbocycles. The molecule has 2 aliphatic carbocycles. The summed E-state index contributed by atoms with van der Waals surface area (Å²) >= 11 is 0. The third-order valence-electron chi connectivity index (χ3n) is 5.56. The summed E-state index contributed by atoms with van der Waals surface area (Å²) in [5.74, 6) is 0. The first-order valence-corrected chi connectivity index (χ1v) is 8.36. The highest BCUT2D eigenvalue weighted by atomic mass is 16.3. The van der Waals surface area contributed by atoms with Crippen LogP contribution in [0.15, 0.2) is 0 Å². The maximum absolute atomic E-state index is 10.6. The zero-order valence-corrected chi connectivity index (χ0v) is 12.6. The molecule has 1 unspecified atom stereocenters. The van der Waals surface area contributed by atoms with Gasteiger partial charge in [0, 0.05) is 13.0 Å². The van der Waals surface area contributed by atoms with Crippen LogP contribution in [-0.2, 0) is 4.79 Å². The Morgan fingerprint density at radius 1 is 0.950 bits per heavy atom. The smallest absolute Gasteiger partial charge is 0.120 e. The SMILES string of the molecule is O=CCC1(CCCC(O)CCCC2(CCO)CC2)CC1. The van der Waals surface area contributed by atoms with Crippen LogP contribution in [-0.4, -0.2) is 29.2 Å². The van der Waals surface area contributed by atoms with Crippen molar-refractivity contribution in [3.05, 3.63) is 0 Å². The van der Waals surface area contributed by atoms with Crippen molar-refractivity contribution in [2.24, 2.45) is 10.8 Å². The van der Waals surface area contributed by atoms with Crippen molar-refractivity contribution in [3.8, 4) is 0 Å². The molecule has 2 aliphatic rings. The topological polar surface area (TPSA) is 57.5 Å². The predicted octanol–water partition coefficient (Wildman–Crippen LogP) is 3.22. The summed E-state index contributed by atoms with van der Waals surface area (Å²) in [6, 6.07) is 0. The average Bonchev–Trinajstić information content (AvgIpc) is 3.30. The molecule has 0 heterocycles. The second-order valence-corrected chi connectivity index (χ2v) is 7.28. The molecule has 1 atom stereocenters. The molecule has 0 aromatic heterocycles. The lowest BCUT2D eigenvalue weighted by atomic mass is 9.92. The summed E-state index contributed by atoms with van der Waals surface area (Å²) in [6.07, 6.45) is 13.7. The van der Waals surface area contributed by atoms with Gasteiger partial charge in [0.15, 0.2) is 0 Å². The number of carbonyl (C=O) groups excluding carboxylic acids is 1. The van der Waals surface area contributed by atoms with Crippen molar-refractivity contribution in [2.75, 3.05) is 6.61 Å². The third-order valence-corrected chi connectivity index (χ3v) is 5.56. The van der Waals surface area contributed by atoms with E-state index in [1.165, 1.54) is 32.1 Å². The van der Waals surface area contributed by atoms with Gasteiger partial charge in [-0.1, -0.05) is 12.8 Å².